The molecule has 0 aliphatic heterocycles. The van der Waals surface area contributed by atoms with Crippen LogP contribution in [0.4, 0.5) is 17.1 Å². The summed E-state index contributed by atoms with van der Waals surface area (Å²) in [6, 6.07) is 39.9. The van der Waals surface area contributed by atoms with Crippen molar-refractivity contribution in [1.82, 2.24) is 4.57 Å². The van der Waals surface area contributed by atoms with Crippen molar-refractivity contribution in [3.8, 4) is 11.1 Å². The van der Waals surface area contributed by atoms with E-state index < -0.39 is 0 Å². The number of anilines is 3. The second kappa shape index (κ2) is 10.9. The van der Waals surface area contributed by atoms with Gasteiger partial charge in [0.15, 0.2) is 0 Å². The van der Waals surface area contributed by atoms with Crippen molar-refractivity contribution in [2.45, 2.75) is 32.7 Å². The number of fused-ring (bicyclic) bond motifs is 6. The van der Waals surface area contributed by atoms with Crippen molar-refractivity contribution in [3.05, 3.63) is 132 Å². The van der Waals surface area contributed by atoms with Crippen LogP contribution in [0.1, 0.15) is 37.5 Å². The fourth-order valence-electron chi connectivity index (χ4n) is 7.02. The smallest absolute Gasteiger partial charge is 0.0649 e. The highest BCUT2D eigenvalue weighted by Crippen LogP contribution is 2.51. The van der Waals surface area contributed by atoms with Crippen LogP contribution in [0.5, 0.6) is 0 Å². The van der Waals surface area contributed by atoms with Gasteiger partial charge in [0.05, 0.1) is 22.4 Å². The zero-order valence-corrected chi connectivity index (χ0v) is 26.1. The molecule has 0 saturated carbocycles. The van der Waals surface area contributed by atoms with E-state index in [4.69, 9.17) is 0 Å². The molecule has 0 spiro atoms. The highest BCUT2D eigenvalue weighted by atomic mass is 15.1. The van der Waals surface area contributed by atoms with Crippen LogP contribution in [0.25, 0.3) is 38.6 Å². The number of benzene rings is 5. The number of aromatic nitrogens is 1. The monoisotopic (exact) mass is 574 g/mol. The number of hydrogen-bond acceptors (Lipinski definition) is 3. The van der Waals surface area contributed by atoms with Crippen LogP contribution in [0.3, 0.4) is 0 Å². The number of allylic oxidation sites excluding steroid dienone is 2. The van der Waals surface area contributed by atoms with Gasteiger partial charge in [-0.3, -0.25) is 4.99 Å². The molecule has 218 valence electrons. The molecule has 7 rings (SSSR count). The summed E-state index contributed by atoms with van der Waals surface area (Å²) in [4.78, 5) is 6.64. The van der Waals surface area contributed by atoms with Gasteiger partial charge in [0.25, 0.3) is 0 Å². The number of aliphatic imine (C=N–C) groups is 1. The van der Waals surface area contributed by atoms with Gasteiger partial charge in [-0.15, -0.1) is 0 Å². The first-order valence-corrected chi connectivity index (χ1v) is 15.3. The van der Waals surface area contributed by atoms with Crippen molar-refractivity contribution in [1.29, 1.82) is 0 Å². The Morgan fingerprint density at radius 3 is 2.32 bits per heavy atom. The quantitative estimate of drug-likeness (QED) is 0.192. The molecule has 44 heavy (non-hydrogen) atoms. The van der Waals surface area contributed by atoms with Crippen molar-refractivity contribution < 1.29 is 0 Å². The molecule has 6 aromatic rings. The molecule has 4 nitrogen and oxygen atoms in total. The zero-order valence-electron chi connectivity index (χ0n) is 26.1. The summed E-state index contributed by atoms with van der Waals surface area (Å²) >= 11 is 0. The van der Waals surface area contributed by atoms with Gasteiger partial charge in [0, 0.05) is 54.4 Å². The Hall–Kier alpha value is -5.09. The largest absolute Gasteiger partial charge is 0.386 e. The highest BCUT2D eigenvalue weighted by molar-refractivity contribution is 6.12. The van der Waals surface area contributed by atoms with Crippen LogP contribution in [0.15, 0.2) is 120 Å². The third-order valence-corrected chi connectivity index (χ3v) is 9.22. The molecule has 1 aliphatic rings. The fraction of sp³-hybridized carbons (Fsp3) is 0.175. The van der Waals surface area contributed by atoms with Crippen LogP contribution in [0.2, 0.25) is 0 Å². The Morgan fingerprint density at radius 1 is 0.795 bits per heavy atom. The number of nitrogens with zero attached hydrogens (tertiary/aromatic N) is 3. The molecule has 0 atom stereocenters. The Labute approximate surface area is 260 Å². The Bertz CT molecular complexity index is 2080. The lowest BCUT2D eigenvalue weighted by Gasteiger charge is -2.27. The van der Waals surface area contributed by atoms with Gasteiger partial charge in [-0.2, -0.15) is 0 Å². The predicted molar refractivity (Wildman–Crippen MR) is 190 cm³/mol. The molecule has 0 saturated heterocycles. The normalized spacial score (nSPS) is 13.9. The first-order valence-electron chi connectivity index (χ1n) is 15.3. The summed E-state index contributed by atoms with van der Waals surface area (Å²) in [5, 5.41) is 5.93. The summed E-state index contributed by atoms with van der Waals surface area (Å²) in [6.07, 6.45) is 3.98. The maximum Gasteiger partial charge on any atom is 0.0649 e. The molecule has 0 fully saturated rings. The maximum absolute atomic E-state index is 4.25. The van der Waals surface area contributed by atoms with E-state index in [1.165, 1.54) is 49.6 Å². The van der Waals surface area contributed by atoms with Crippen molar-refractivity contribution in [3.63, 3.8) is 0 Å². The fourth-order valence-corrected chi connectivity index (χ4v) is 7.02. The highest BCUT2D eigenvalue weighted by Gasteiger charge is 2.36. The number of rotatable bonds is 7. The van der Waals surface area contributed by atoms with E-state index in [9.17, 15) is 0 Å². The summed E-state index contributed by atoms with van der Waals surface area (Å²) in [5.74, 6) is 0. The SMILES string of the molecule is CN=C/C=C(\C)n1c2ccc(CN(c3ccccc3)c3ccccc3NC)cc2c2cc3c(cc21)C(C)(C)c1ccccc1-3. The van der Waals surface area contributed by atoms with E-state index in [0.29, 0.717) is 0 Å². The molecule has 1 heterocycles. The van der Waals surface area contributed by atoms with Crippen LogP contribution in [-0.4, -0.2) is 24.9 Å². The van der Waals surface area contributed by atoms with E-state index in [1.54, 1.807) is 0 Å². The molecule has 0 bridgehead atoms. The average molecular weight is 575 g/mol. The molecule has 5 aromatic carbocycles. The lowest BCUT2D eigenvalue weighted by Crippen LogP contribution is -2.17. The minimum atomic E-state index is -0.0635. The molecule has 0 radical (unpaired) electrons. The van der Waals surface area contributed by atoms with Crippen molar-refractivity contribution in [2.75, 3.05) is 24.3 Å². The standard InChI is InChI=1S/C40H38N4/c1-27(21-22-41-4)44-37-20-19-28(26-43(29-13-7-6-8-14-29)38-18-12-11-17-36(38)42-5)23-32(37)33-24-31-30-15-9-10-16-34(30)40(2,3)35(31)25-39(33)44/h6-25,42H,26H2,1-5H3/b27-21+,41-22?. The summed E-state index contributed by atoms with van der Waals surface area (Å²) in [7, 11) is 3.80. The van der Waals surface area contributed by atoms with Crippen molar-refractivity contribution >= 4 is 50.8 Å². The summed E-state index contributed by atoms with van der Waals surface area (Å²) in [5.41, 5.74) is 13.6. The van der Waals surface area contributed by atoms with Gasteiger partial charge < -0.3 is 14.8 Å². The number of hydrogen-bond donors (Lipinski definition) is 1. The van der Waals surface area contributed by atoms with Gasteiger partial charge in [0.2, 0.25) is 0 Å². The zero-order chi connectivity index (χ0) is 30.4. The van der Waals surface area contributed by atoms with E-state index in [2.05, 4.69) is 156 Å². The molecule has 1 aromatic heterocycles. The van der Waals surface area contributed by atoms with E-state index in [-0.39, 0.29) is 5.41 Å². The molecule has 1 N–H and O–H groups in total. The van der Waals surface area contributed by atoms with Crippen LogP contribution >= 0.6 is 0 Å². The second-order valence-corrected chi connectivity index (χ2v) is 12.2. The Kier molecular flexibility index (Phi) is 6.85. The van der Waals surface area contributed by atoms with Crippen LogP contribution in [-0.2, 0) is 12.0 Å². The van der Waals surface area contributed by atoms with Gasteiger partial charge in [-0.05, 0) is 89.3 Å². The maximum atomic E-state index is 4.25. The van der Waals surface area contributed by atoms with E-state index in [1.807, 2.05) is 20.3 Å². The Morgan fingerprint density at radius 2 is 1.52 bits per heavy atom. The first-order chi connectivity index (χ1) is 21.4. The summed E-state index contributed by atoms with van der Waals surface area (Å²) < 4.78 is 2.40. The van der Waals surface area contributed by atoms with Gasteiger partial charge >= 0.3 is 0 Å². The lowest BCUT2D eigenvalue weighted by atomic mass is 9.82. The van der Waals surface area contributed by atoms with Crippen LogP contribution in [0, 0.1) is 0 Å². The molecule has 0 amide bonds. The van der Waals surface area contributed by atoms with E-state index >= 15 is 0 Å². The number of nitrogens with one attached hydrogen (secondary N) is 1. The van der Waals surface area contributed by atoms with Crippen LogP contribution < -0.4 is 10.2 Å². The number of para-hydroxylation sites is 3. The summed E-state index contributed by atoms with van der Waals surface area (Å²) in [6.45, 7) is 7.61. The molecule has 0 unspecified atom stereocenters. The van der Waals surface area contributed by atoms with Gasteiger partial charge in [-0.1, -0.05) is 74.5 Å². The van der Waals surface area contributed by atoms with E-state index in [0.717, 1.165) is 29.3 Å². The van der Waals surface area contributed by atoms with Gasteiger partial charge in [0.1, 0.15) is 0 Å². The molecule has 1 aliphatic carbocycles. The topological polar surface area (TPSA) is 32.6 Å². The minimum absolute atomic E-state index is 0.0635. The second-order valence-electron chi connectivity index (χ2n) is 12.2. The molecule has 4 heteroatoms. The molecular weight excluding hydrogens is 536 g/mol. The molecular formula is C40H38N4. The third kappa shape index (κ3) is 4.41. The first kappa shape index (κ1) is 27.7. The third-order valence-electron chi connectivity index (χ3n) is 9.22. The predicted octanol–water partition coefficient (Wildman–Crippen LogP) is 10.0. The van der Waals surface area contributed by atoms with Crippen molar-refractivity contribution in [2.24, 2.45) is 4.99 Å². The Balaban J connectivity index is 1.45. The van der Waals surface area contributed by atoms with Gasteiger partial charge in [-0.25, -0.2) is 0 Å². The lowest BCUT2D eigenvalue weighted by molar-refractivity contribution is 0.661. The average Bonchev–Trinajstić information content (AvgIpc) is 3.49. The minimum Gasteiger partial charge on any atom is -0.386 e.